The number of hydrogen-bond acceptors (Lipinski definition) is 3. The van der Waals surface area contributed by atoms with Crippen LogP contribution in [-0.2, 0) is 10.0 Å². The molecule has 8 heteroatoms. The van der Waals surface area contributed by atoms with Crippen molar-refractivity contribution in [3.8, 4) is 6.07 Å². The Morgan fingerprint density at radius 3 is 2.35 bits per heavy atom. The number of nitrogens with one attached hydrogen (secondary N) is 1. The van der Waals surface area contributed by atoms with E-state index in [2.05, 4.69) is 4.72 Å². The first-order valence-electron chi connectivity index (χ1n) is 6.57. The van der Waals surface area contributed by atoms with Crippen molar-refractivity contribution < 1.29 is 21.6 Å². The molecule has 0 aliphatic heterocycles. The lowest BCUT2D eigenvalue weighted by atomic mass is 9.79. The molecular formula is C12H19F3N2O2S. The molecule has 0 saturated heterocycles. The minimum atomic E-state index is -4.36. The summed E-state index contributed by atoms with van der Waals surface area (Å²) in [6, 6.07) is 1.99. The van der Waals surface area contributed by atoms with Crippen molar-refractivity contribution >= 4 is 10.0 Å². The average Bonchev–Trinajstić information content (AvgIpc) is 2.30. The first kappa shape index (κ1) is 17.2. The zero-order chi connectivity index (χ0) is 15.4. The van der Waals surface area contributed by atoms with Crippen molar-refractivity contribution in [1.82, 2.24) is 4.72 Å². The number of nitriles is 1. The molecule has 1 saturated carbocycles. The zero-order valence-electron chi connectivity index (χ0n) is 11.3. The van der Waals surface area contributed by atoms with Gasteiger partial charge in [0.1, 0.15) is 5.54 Å². The first-order valence-corrected chi connectivity index (χ1v) is 8.22. The maximum atomic E-state index is 12.0. The van der Waals surface area contributed by atoms with Crippen LogP contribution in [-0.4, -0.2) is 25.9 Å². The number of rotatable bonds is 5. The summed E-state index contributed by atoms with van der Waals surface area (Å²) in [5.74, 6) is -0.169. The van der Waals surface area contributed by atoms with Gasteiger partial charge in [0.25, 0.3) is 0 Å². The van der Waals surface area contributed by atoms with E-state index in [9.17, 15) is 26.9 Å². The number of halogens is 3. The summed E-state index contributed by atoms with van der Waals surface area (Å²) in [6.45, 7) is 2.03. The maximum absolute atomic E-state index is 12.0. The van der Waals surface area contributed by atoms with Crippen LogP contribution in [0.25, 0.3) is 0 Å². The number of hydrogen-bond donors (Lipinski definition) is 1. The van der Waals surface area contributed by atoms with Gasteiger partial charge in [0.15, 0.2) is 0 Å². The third kappa shape index (κ3) is 5.67. The topological polar surface area (TPSA) is 70.0 Å². The fraction of sp³-hybridized carbons (Fsp3) is 0.917. The Balaban J connectivity index is 2.58. The van der Waals surface area contributed by atoms with E-state index in [1.54, 1.807) is 0 Å². The highest BCUT2D eigenvalue weighted by molar-refractivity contribution is 7.89. The lowest BCUT2D eigenvalue weighted by Gasteiger charge is -2.34. The monoisotopic (exact) mass is 312 g/mol. The summed E-state index contributed by atoms with van der Waals surface area (Å²) < 4.78 is 61.9. The van der Waals surface area contributed by atoms with Gasteiger partial charge in [-0.25, -0.2) is 8.42 Å². The normalized spacial score (nSPS) is 28.1. The van der Waals surface area contributed by atoms with Gasteiger partial charge in [-0.1, -0.05) is 6.92 Å². The molecule has 0 atom stereocenters. The molecule has 0 amide bonds. The molecule has 1 aliphatic carbocycles. The van der Waals surface area contributed by atoms with Crippen LogP contribution in [0.1, 0.15) is 45.4 Å². The summed E-state index contributed by atoms with van der Waals surface area (Å²) in [5.41, 5.74) is -1.15. The standard InChI is InChI=1S/C12H19F3N2O2S/c1-10-3-6-11(9-16,7-4-10)17-20(18,19)8-2-5-12(13,14)15/h10,17H,2-8H2,1H3. The van der Waals surface area contributed by atoms with Gasteiger partial charge in [0.05, 0.1) is 11.8 Å². The summed E-state index contributed by atoms with van der Waals surface area (Å²) in [5, 5.41) is 9.19. The second-order valence-corrected chi connectivity index (χ2v) is 7.36. The molecular weight excluding hydrogens is 293 g/mol. The summed E-state index contributed by atoms with van der Waals surface area (Å²) >= 11 is 0. The van der Waals surface area contributed by atoms with E-state index in [1.807, 2.05) is 13.0 Å². The second kappa shape index (κ2) is 6.31. The molecule has 116 valence electrons. The molecule has 0 radical (unpaired) electrons. The van der Waals surface area contributed by atoms with Crippen LogP contribution in [0, 0.1) is 17.2 Å². The molecule has 0 bridgehead atoms. The van der Waals surface area contributed by atoms with Crippen molar-refractivity contribution in [1.29, 1.82) is 5.26 Å². The van der Waals surface area contributed by atoms with E-state index >= 15 is 0 Å². The van der Waals surface area contributed by atoms with Crippen LogP contribution in [0.4, 0.5) is 13.2 Å². The third-order valence-corrected chi connectivity index (χ3v) is 5.09. The van der Waals surface area contributed by atoms with Gasteiger partial charge in [-0.15, -0.1) is 0 Å². The maximum Gasteiger partial charge on any atom is 0.389 e. The molecule has 1 aliphatic rings. The van der Waals surface area contributed by atoms with Crippen LogP contribution < -0.4 is 4.72 Å². The SMILES string of the molecule is CC1CCC(C#N)(NS(=O)(=O)CCCC(F)(F)F)CC1. The Morgan fingerprint density at radius 2 is 1.90 bits per heavy atom. The molecule has 0 aromatic heterocycles. The Hall–Kier alpha value is -0.810. The Kier molecular flexibility index (Phi) is 5.44. The second-order valence-electron chi connectivity index (χ2n) is 5.52. The van der Waals surface area contributed by atoms with Gasteiger partial charge in [0, 0.05) is 6.42 Å². The molecule has 0 aromatic carbocycles. The number of alkyl halides is 3. The molecule has 4 nitrogen and oxygen atoms in total. The van der Waals surface area contributed by atoms with Gasteiger partial charge in [-0.2, -0.15) is 23.2 Å². The van der Waals surface area contributed by atoms with E-state index in [4.69, 9.17) is 0 Å². The van der Waals surface area contributed by atoms with Gasteiger partial charge < -0.3 is 0 Å². The molecule has 1 N–H and O–H groups in total. The molecule has 1 fully saturated rings. The minimum Gasteiger partial charge on any atom is -0.212 e. The van der Waals surface area contributed by atoms with Crippen molar-refractivity contribution in [2.45, 2.75) is 57.2 Å². The van der Waals surface area contributed by atoms with E-state index < -0.39 is 40.3 Å². The fourth-order valence-corrected chi connectivity index (χ4v) is 3.77. The molecule has 0 spiro atoms. The predicted octanol–water partition coefficient (Wildman–Crippen LogP) is 2.72. The van der Waals surface area contributed by atoms with Crippen molar-refractivity contribution in [2.75, 3.05) is 5.75 Å². The fourth-order valence-electron chi connectivity index (χ4n) is 2.30. The summed E-state index contributed by atoms with van der Waals surface area (Å²) in [4.78, 5) is 0. The minimum absolute atomic E-state index is 0.406. The van der Waals surface area contributed by atoms with Crippen molar-refractivity contribution in [2.24, 2.45) is 5.92 Å². The van der Waals surface area contributed by atoms with Crippen LogP contribution in [0.2, 0.25) is 0 Å². The highest BCUT2D eigenvalue weighted by Gasteiger charge is 2.38. The summed E-state index contributed by atoms with van der Waals surface area (Å²) in [7, 11) is -3.86. The van der Waals surface area contributed by atoms with Gasteiger partial charge in [-0.05, 0) is 38.0 Å². The highest BCUT2D eigenvalue weighted by Crippen LogP contribution is 2.32. The van der Waals surface area contributed by atoms with E-state index in [0.717, 1.165) is 12.8 Å². The Morgan fingerprint density at radius 1 is 1.35 bits per heavy atom. The van der Waals surface area contributed by atoms with Crippen LogP contribution in [0.15, 0.2) is 0 Å². The first-order chi connectivity index (χ1) is 9.08. The van der Waals surface area contributed by atoms with Gasteiger partial charge >= 0.3 is 6.18 Å². The largest absolute Gasteiger partial charge is 0.389 e. The average molecular weight is 312 g/mol. The third-order valence-electron chi connectivity index (χ3n) is 3.57. The number of sulfonamides is 1. The van der Waals surface area contributed by atoms with Gasteiger partial charge in [-0.3, -0.25) is 0 Å². The molecule has 1 rings (SSSR count). The van der Waals surface area contributed by atoms with E-state index in [0.29, 0.717) is 18.8 Å². The molecule has 20 heavy (non-hydrogen) atoms. The predicted molar refractivity (Wildman–Crippen MR) is 68.2 cm³/mol. The van der Waals surface area contributed by atoms with E-state index in [-0.39, 0.29) is 0 Å². The highest BCUT2D eigenvalue weighted by atomic mass is 32.2. The lowest BCUT2D eigenvalue weighted by Crippen LogP contribution is -2.50. The van der Waals surface area contributed by atoms with Crippen LogP contribution in [0.3, 0.4) is 0 Å². The Bertz CT molecular complexity index is 460. The zero-order valence-corrected chi connectivity index (χ0v) is 12.1. The number of nitrogens with zero attached hydrogens (tertiary/aromatic N) is 1. The van der Waals surface area contributed by atoms with Crippen molar-refractivity contribution in [3.63, 3.8) is 0 Å². The van der Waals surface area contributed by atoms with Gasteiger partial charge in [0.2, 0.25) is 10.0 Å². The lowest BCUT2D eigenvalue weighted by molar-refractivity contribution is -0.134. The molecule has 0 heterocycles. The molecule has 0 aromatic rings. The van der Waals surface area contributed by atoms with Crippen LogP contribution in [0.5, 0.6) is 0 Å². The molecule has 0 unspecified atom stereocenters. The van der Waals surface area contributed by atoms with E-state index in [1.165, 1.54) is 0 Å². The smallest absolute Gasteiger partial charge is 0.212 e. The van der Waals surface area contributed by atoms with Crippen molar-refractivity contribution in [3.05, 3.63) is 0 Å². The van der Waals surface area contributed by atoms with Crippen LogP contribution >= 0.6 is 0 Å². The summed E-state index contributed by atoms with van der Waals surface area (Å²) in [6.07, 6.45) is -3.70. The Labute approximate surface area is 117 Å². The quantitative estimate of drug-likeness (QED) is 0.848.